The van der Waals surface area contributed by atoms with Gasteiger partial charge in [0.05, 0.1) is 18.6 Å². The highest BCUT2D eigenvalue weighted by atomic mass is 32.2. The van der Waals surface area contributed by atoms with Crippen LogP contribution in [0.4, 0.5) is 0 Å². The number of rotatable bonds is 9. The van der Waals surface area contributed by atoms with Gasteiger partial charge in [-0.3, -0.25) is 14.3 Å². The van der Waals surface area contributed by atoms with Crippen LogP contribution in [0.15, 0.2) is 43.9 Å². The number of unbranched alkanes of at least 4 members (excludes halogenated alkanes) is 1. The van der Waals surface area contributed by atoms with Crippen LogP contribution in [0.3, 0.4) is 0 Å². The second-order valence-electron chi connectivity index (χ2n) is 6.82. The average Bonchev–Trinajstić information content (AvgIpc) is 3.46. The molecule has 1 N–H and O–H groups in total. The molecule has 0 bridgehead atoms. The lowest BCUT2D eigenvalue weighted by Gasteiger charge is -2.07. The number of hydrogen-bond donors (Lipinski definition) is 1. The van der Waals surface area contributed by atoms with E-state index in [4.69, 9.17) is 4.42 Å². The number of furan rings is 1. The predicted molar refractivity (Wildman–Crippen MR) is 113 cm³/mol. The van der Waals surface area contributed by atoms with Crippen molar-refractivity contribution in [1.82, 2.24) is 33.9 Å². The average molecular weight is 430 g/mol. The van der Waals surface area contributed by atoms with Crippen molar-refractivity contribution in [1.29, 1.82) is 0 Å². The molecule has 4 aromatic heterocycles. The lowest BCUT2D eigenvalue weighted by molar-refractivity contribution is 0.484. The van der Waals surface area contributed by atoms with Crippen molar-refractivity contribution in [3.8, 4) is 0 Å². The first-order chi connectivity index (χ1) is 14.6. The SMILES string of the molecule is CCCCn1c(=O)[nH]c(=O)c2c1nc(CSc1nncn1Cc1ccco1)n2CC. The van der Waals surface area contributed by atoms with Gasteiger partial charge in [-0.1, -0.05) is 25.1 Å². The maximum atomic E-state index is 12.5. The Kier molecular flexibility index (Phi) is 5.88. The van der Waals surface area contributed by atoms with Crippen molar-refractivity contribution >= 4 is 22.9 Å². The quantitative estimate of drug-likeness (QED) is 0.406. The molecule has 0 radical (unpaired) electrons. The van der Waals surface area contributed by atoms with Crippen LogP contribution < -0.4 is 11.2 Å². The molecular weight excluding hydrogens is 406 g/mol. The third-order valence-electron chi connectivity index (χ3n) is 4.83. The van der Waals surface area contributed by atoms with Crippen LogP contribution >= 0.6 is 11.8 Å². The molecule has 0 atom stereocenters. The van der Waals surface area contributed by atoms with E-state index in [1.165, 1.54) is 11.8 Å². The summed E-state index contributed by atoms with van der Waals surface area (Å²) in [5, 5.41) is 8.90. The lowest BCUT2D eigenvalue weighted by Crippen LogP contribution is -2.31. The van der Waals surface area contributed by atoms with Crippen molar-refractivity contribution in [3.63, 3.8) is 0 Å². The molecule has 0 amide bonds. The maximum Gasteiger partial charge on any atom is 0.330 e. The molecule has 4 heterocycles. The summed E-state index contributed by atoms with van der Waals surface area (Å²) in [6.07, 6.45) is 5.06. The van der Waals surface area contributed by atoms with Gasteiger partial charge in [-0.05, 0) is 25.5 Å². The molecule has 30 heavy (non-hydrogen) atoms. The minimum Gasteiger partial charge on any atom is -0.467 e. The lowest BCUT2D eigenvalue weighted by atomic mass is 10.3. The predicted octanol–water partition coefficient (Wildman–Crippen LogP) is 2.23. The monoisotopic (exact) mass is 429 g/mol. The van der Waals surface area contributed by atoms with Gasteiger partial charge >= 0.3 is 5.69 Å². The number of aromatic nitrogens is 7. The Balaban J connectivity index is 1.65. The second kappa shape index (κ2) is 8.74. The van der Waals surface area contributed by atoms with Gasteiger partial charge in [0.2, 0.25) is 0 Å². The minimum atomic E-state index is -0.418. The van der Waals surface area contributed by atoms with Crippen LogP contribution in [0.1, 0.15) is 38.3 Å². The van der Waals surface area contributed by atoms with Gasteiger partial charge in [-0.15, -0.1) is 10.2 Å². The Hall–Kier alpha value is -3.08. The second-order valence-corrected chi connectivity index (χ2v) is 7.76. The third-order valence-corrected chi connectivity index (χ3v) is 5.81. The molecule has 0 fully saturated rings. The maximum absolute atomic E-state index is 12.5. The van der Waals surface area contributed by atoms with Crippen molar-refractivity contribution in [2.45, 2.75) is 57.2 Å². The van der Waals surface area contributed by atoms with E-state index in [2.05, 4.69) is 27.1 Å². The zero-order chi connectivity index (χ0) is 21.1. The van der Waals surface area contributed by atoms with Gasteiger partial charge in [-0.25, -0.2) is 9.78 Å². The van der Waals surface area contributed by atoms with Crippen LogP contribution in [0, 0.1) is 0 Å². The minimum absolute atomic E-state index is 0.408. The van der Waals surface area contributed by atoms with Crippen molar-refractivity contribution < 1.29 is 4.42 Å². The molecule has 158 valence electrons. The number of nitrogens with one attached hydrogen (secondary N) is 1. The fourth-order valence-corrected chi connectivity index (χ4v) is 4.22. The first-order valence-electron chi connectivity index (χ1n) is 9.87. The first-order valence-corrected chi connectivity index (χ1v) is 10.9. The van der Waals surface area contributed by atoms with Crippen molar-refractivity contribution in [3.05, 3.63) is 57.1 Å². The van der Waals surface area contributed by atoms with Crippen LogP contribution in [0.2, 0.25) is 0 Å². The van der Waals surface area contributed by atoms with Crippen LogP contribution in [0.5, 0.6) is 0 Å². The Labute approximate surface area is 176 Å². The summed E-state index contributed by atoms with van der Waals surface area (Å²) in [4.78, 5) is 31.9. The number of aromatic amines is 1. The summed E-state index contributed by atoms with van der Waals surface area (Å²) in [5.41, 5.74) is 0.0426. The number of H-pyrrole nitrogens is 1. The Morgan fingerprint density at radius 1 is 1.23 bits per heavy atom. The molecule has 0 saturated carbocycles. The Bertz CT molecular complexity index is 1250. The fraction of sp³-hybridized carbons (Fsp3) is 0.421. The molecule has 0 saturated heterocycles. The summed E-state index contributed by atoms with van der Waals surface area (Å²) >= 11 is 1.47. The van der Waals surface area contributed by atoms with Gasteiger partial charge in [0.1, 0.15) is 17.9 Å². The molecule has 0 unspecified atom stereocenters. The van der Waals surface area contributed by atoms with E-state index in [1.807, 2.05) is 28.2 Å². The van der Waals surface area contributed by atoms with Crippen LogP contribution in [-0.2, 0) is 25.4 Å². The van der Waals surface area contributed by atoms with Gasteiger partial charge in [0.25, 0.3) is 5.56 Å². The van der Waals surface area contributed by atoms with E-state index in [1.54, 1.807) is 17.2 Å². The number of fused-ring (bicyclic) bond motifs is 1. The molecule has 4 rings (SSSR count). The highest BCUT2D eigenvalue weighted by Crippen LogP contribution is 2.23. The van der Waals surface area contributed by atoms with E-state index < -0.39 is 11.2 Å². The van der Waals surface area contributed by atoms with Crippen molar-refractivity contribution in [2.75, 3.05) is 0 Å². The number of nitrogens with zero attached hydrogens (tertiary/aromatic N) is 6. The smallest absolute Gasteiger partial charge is 0.330 e. The van der Waals surface area contributed by atoms with Crippen LogP contribution in [0.25, 0.3) is 11.2 Å². The first kappa shape index (κ1) is 20.2. The molecule has 10 nitrogen and oxygen atoms in total. The zero-order valence-electron chi connectivity index (χ0n) is 16.9. The number of aryl methyl sites for hydroxylation is 2. The fourth-order valence-electron chi connectivity index (χ4n) is 3.36. The topological polar surface area (TPSA) is 117 Å². The molecule has 4 aromatic rings. The normalized spacial score (nSPS) is 11.5. The highest BCUT2D eigenvalue weighted by Gasteiger charge is 2.18. The Morgan fingerprint density at radius 2 is 2.10 bits per heavy atom. The summed E-state index contributed by atoms with van der Waals surface area (Å²) in [6, 6.07) is 3.73. The summed E-state index contributed by atoms with van der Waals surface area (Å²) in [5.74, 6) is 2.01. The zero-order valence-corrected chi connectivity index (χ0v) is 17.7. The van der Waals surface area contributed by atoms with Gasteiger partial charge < -0.3 is 13.6 Å². The van der Waals surface area contributed by atoms with Gasteiger partial charge in [-0.2, -0.15) is 0 Å². The van der Waals surface area contributed by atoms with E-state index in [9.17, 15) is 9.59 Å². The third kappa shape index (κ3) is 3.84. The van der Waals surface area contributed by atoms with E-state index >= 15 is 0 Å². The van der Waals surface area contributed by atoms with Crippen molar-refractivity contribution in [2.24, 2.45) is 0 Å². The highest BCUT2D eigenvalue weighted by molar-refractivity contribution is 7.98. The van der Waals surface area contributed by atoms with E-state index in [0.717, 1.165) is 23.8 Å². The standard InChI is InChI=1S/C19H23N7O3S/c1-3-5-8-26-16-15(17(27)22-18(26)28)25(4-2)14(21-16)11-30-19-23-20-12-24(19)10-13-7-6-9-29-13/h6-7,9,12H,3-5,8,10-11H2,1-2H3,(H,22,27,28). The molecule has 0 spiro atoms. The van der Waals surface area contributed by atoms with E-state index in [0.29, 0.717) is 42.4 Å². The van der Waals surface area contributed by atoms with Gasteiger partial charge in [0.15, 0.2) is 16.3 Å². The van der Waals surface area contributed by atoms with Crippen LogP contribution in [-0.4, -0.2) is 33.9 Å². The Morgan fingerprint density at radius 3 is 2.83 bits per heavy atom. The molecular formula is C19H23N7O3S. The molecule has 0 aromatic carbocycles. The summed E-state index contributed by atoms with van der Waals surface area (Å²) in [6.45, 7) is 5.63. The summed E-state index contributed by atoms with van der Waals surface area (Å²) in [7, 11) is 0. The van der Waals surface area contributed by atoms with Gasteiger partial charge in [0, 0.05) is 13.1 Å². The number of thioether (sulfide) groups is 1. The van der Waals surface area contributed by atoms with E-state index in [-0.39, 0.29) is 0 Å². The molecule has 11 heteroatoms. The summed E-state index contributed by atoms with van der Waals surface area (Å²) < 4.78 is 10.7. The molecule has 0 aliphatic carbocycles. The molecule has 0 aliphatic rings. The number of hydrogen-bond acceptors (Lipinski definition) is 7. The number of imidazole rings is 1. The largest absolute Gasteiger partial charge is 0.467 e. The molecule has 0 aliphatic heterocycles.